The van der Waals surface area contributed by atoms with Gasteiger partial charge in [-0.15, -0.1) is 0 Å². The van der Waals surface area contributed by atoms with Crippen LogP contribution in [-0.4, -0.2) is 17.9 Å². The van der Waals surface area contributed by atoms with Crippen molar-refractivity contribution >= 4 is 16.7 Å². The molecule has 0 radical (unpaired) electrons. The van der Waals surface area contributed by atoms with E-state index in [1.165, 1.54) is 0 Å². The first-order valence-corrected chi connectivity index (χ1v) is 6.78. The number of aromatic nitrogens is 1. The first-order chi connectivity index (χ1) is 10.3. The zero-order valence-electron chi connectivity index (χ0n) is 11.7. The van der Waals surface area contributed by atoms with Gasteiger partial charge in [0.1, 0.15) is 5.75 Å². The SMILES string of the molecule is COc1cccc(C(=O)Cc2ccc3ccccc3n2)c1. The number of hydrogen-bond donors (Lipinski definition) is 0. The second kappa shape index (κ2) is 5.75. The lowest BCUT2D eigenvalue weighted by Crippen LogP contribution is -2.05. The molecule has 1 aromatic heterocycles. The van der Waals surface area contributed by atoms with E-state index in [-0.39, 0.29) is 12.2 Å². The van der Waals surface area contributed by atoms with Crippen LogP contribution in [0.1, 0.15) is 16.1 Å². The molecular formula is C18H15NO2. The van der Waals surface area contributed by atoms with Gasteiger partial charge in [0.25, 0.3) is 0 Å². The normalized spacial score (nSPS) is 10.5. The molecule has 3 aromatic rings. The number of Topliss-reactive ketones (excluding diaryl/α,β-unsaturated/α-hetero) is 1. The number of para-hydroxylation sites is 1. The molecule has 0 unspecified atom stereocenters. The first kappa shape index (κ1) is 13.3. The summed E-state index contributed by atoms with van der Waals surface area (Å²) < 4.78 is 5.15. The van der Waals surface area contributed by atoms with E-state index in [4.69, 9.17) is 4.74 Å². The number of fused-ring (bicyclic) bond motifs is 1. The van der Waals surface area contributed by atoms with Gasteiger partial charge in [-0.25, -0.2) is 0 Å². The third-order valence-corrected chi connectivity index (χ3v) is 3.39. The van der Waals surface area contributed by atoms with Crippen molar-refractivity contribution in [3.8, 4) is 5.75 Å². The average molecular weight is 277 g/mol. The molecule has 2 aromatic carbocycles. The molecule has 0 aliphatic rings. The number of ether oxygens (including phenoxy) is 1. The number of ketones is 1. The molecule has 0 aliphatic heterocycles. The summed E-state index contributed by atoms with van der Waals surface area (Å²) in [4.78, 5) is 16.9. The largest absolute Gasteiger partial charge is 0.497 e. The molecule has 3 nitrogen and oxygen atoms in total. The van der Waals surface area contributed by atoms with Crippen LogP contribution in [0.3, 0.4) is 0 Å². The van der Waals surface area contributed by atoms with Gasteiger partial charge >= 0.3 is 0 Å². The Morgan fingerprint density at radius 3 is 2.76 bits per heavy atom. The maximum Gasteiger partial charge on any atom is 0.168 e. The molecule has 0 fully saturated rings. The molecule has 0 aliphatic carbocycles. The molecule has 3 rings (SSSR count). The minimum absolute atomic E-state index is 0.0386. The topological polar surface area (TPSA) is 39.2 Å². The molecule has 0 saturated carbocycles. The maximum absolute atomic E-state index is 12.3. The summed E-state index contributed by atoms with van der Waals surface area (Å²) in [6, 6.07) is 19.0. The van der Waals surface area contributed by atoms with Crippen LogP contribution in [0.25, 0.3) is 10.9 Å². The molecule has 0 spiro atoms. The van der Waals surface area contributed by atoms with Crippen LogP contribution < -0.4 is 4.74 Å². The highest BCUT2D eigenvalue weighted by Crippen LogP contribution is 2.16. The van der Waals surface area contributed by atoms with Gasteiger partial charge in [0.2, 0.25) is 0 Å². The zero-order valence-corrected chi connectivity index (χ0v) is 11.7. The summed E-state index contributed by atoms with van der Waals surface area (Å²) in [6.07, 6.45) is 0.290. The molecule has 3 heteroatoms. The second-order valence-corrected chi connectivity index (χ2v) is 4.83. The molecule has 0 atom stereocenters. The highest BCUT2D eigenvalue weighted by atomic mass is 16.5. The van der Waals surface area contributed by atoms with Crippen molar-refractivity contribution in [3.05, 3.63) is 71.9 Å². The molecule has 21 heavy (non-hydrogen) atoms. The van der Waals surface area contributed by atoms with Crippen LogP contribution in [0.2, 0.25) is 0 Å². The van der Waals surface area contributed by atoms with Crippen molar-refractivity contribution in [2.75, 3.05) is 7.11 Å². The van der Waals surface area contributed by atoms with Crippen molar-refractivity contribution in [1.29, 1.82) is 0 Å². The summed E-state index contributed by atoms with van der Waals surface area (Å²) in [5.74, 6) is 0.726. The minimum atomic E-state index is 0.0386. The molecule has 0 amide bonds. The lowest BCUT2D eigenvalue weighted by molar-refractivity contribution is 0.0991. The van der Waals surface area contributed by atoms with Gasteiger partial charge in [0.15, 0.2) is 5.78 Å². The molecular weight excluding hydrogens is 262 g/mol. The van der Waals surface area contributed by atoms with E-state index in [0.717, 1.165) is 16.6 Å². The lowest BCUT2D eigenvalue weighted by atomic mass is 10.1. The summed E-state index contributed by atoms with van der Waals surface area (Å²) >= 11 is 0. The monoisotopic (exact) mass is 277 g/mol. The second-order valence-electron chi connectivity index (χ2n) is 4.83. The van der Waals surface area contributed by atoms with Crippen LogP contribution in [-0.2, 0) is 6.42 Å². The average Bonchev–Trinajstić information content (AvgIpc) is 2.54. The maximum atomic E-state index is 12.3. The van der Waals surface area contributed by atoms with Crippen molar-refractivity contribution in [1.82, 2.24) is 4.98 Å². The van der Waals surface area contributed by atoms with Crippen LogP contribution in [0.5, 0.6) is 5.75 Å². The number of benzene rings is 2. The van der Waals surface area contributed by atoms with E-state index in [2.05, 4.69) is 4.98 Å². The number of carbonyl (C=O) groups excluding carboxylic acids is 1. The molecule has 0 N–H and O–H groups in total. The van der Waals surface area contributed by atoms with Crippen LogP contribution >= 0.6 is 0 Å². The van der Waals surface area contributed by atoms with Crippen molar-refractivity contribution in [2.24, 2.45) is 0 Å². The number of methoxy groups -OCH3 is 1. The van der Waals surface area contributed by atoms with Crippen molar-refractivity contribution < 1.29 is 9.53 Å². The fourth-order valence-electron chi connectivity index (χ4n) is 2.27. The molecule has 0 saturated heterocycles. The molecule has 1 heterocycles. The fraction of sp³-hybridized carbons (Fsp3) is 0.111. The van der Waals surface area contributed by atoms with Gasteiger partial charge in [0.05, 0.1) is 19.0 Å². The van der Waals surface area contributed by atoms with E-state index >= 15 is 0 Å². The van der Waals surface area contributed by atoms with Crippen LogP contribution in [0, 0.1) is 0 Å². The van der Waals surface area contributed by atoms with Crippen molar-refractivity contribution in [3.63, 3.8) is 0 Å². The van der Waals surface area contributed by atoms with E-state index in [1.807, 2.05) is 48.5 Å². The smallest absolute Gasteiger partial charge is 0.168 e. The van der Waals surface area contributed by atoms with E-state index in [0.29, 0.717) is 11.3 Å². The van der Waals surface area contributed by atoms with Crippen molar-refractivity contribution in [2.45, 2.75) is 6.42 Å². The van der Waals surface area contributed by atoms with E-state index in [1.54, 1.807) is 19.2 Å². The first-order valence-electron chi connectivity index (χ1n) is 6.78. The van der Waals surface area contributed by atoms with E-state index in [9.17, 15) is 4.79 Å². The van der Waals surface area contributed by atoms with Crippen LogP contribution in [0.15, 0.2) is 60.7 Å². The Labute approximate surface area is 123 Å². The lowest BCUT2D eigenvalue weighted by Gasteiger charge is -2.05. The number of rotatable bonds is 4. The Hall–Kier alpha value is -2.68. The Balaban J connectivity index is 1.85. The number of hydrogen-bond acceptors (Lipinski definition) is 3. The Morgan fingerprint density at radius 2 is 1.90 bits per heavy atom. The predicted molar refractivity (Wildman–Crippen MR) is 82.8 cm³/mol. The Morgan fingerprint density at radius 1 is 1.05 bits per heavy atom. The summed E-state index contributed by atoms with van der Waals surface area (Å²) in [5.41, 5.74) is 2.33. The summed E-state index contributed by atoms with van der Waals surface area (Å²) in [7, 11) is 1.59. The predicted octanol–water partition coefficient (Wildman–Crippen LogP) is 3.67. The molecule has 104 valence electrons. The van der Waals surface area contributed by atoms with Gasteiger partial charge in [0, 0.05) is 16.6 Å². The van der Waals surface area contributed by atoms with E-state index < -0.39 is 0 Å². The van der Waals surface area contributed by atoms with Crippen LogP contribution in [0.4, 0.5) is 0 Å². The number of pyridine rings is 1. The number of nitrogens with zero attached hydrogens (tertiary/aromatic N) is 1. The highest BCUT2D eigenvalue weighted by Gasteiger charge is 2.09. The van der Waals surface area contributed by atoms with Gasteiger partial charge < -0.3 is 4.74 Å². The van der Waals surface area contributed by atoms with Gasteiger partial charge in [-0.2, -0.15) is 0 Å². The van der Waals surface area contributed by atoms with Gasteiger partial charge in [-0.1, -0.05) is 36.4 Å². The highest BCUT2D eigenvalue weighted by molar-refractivity contribution is 5.97. The fourth-order valence-corrected chi connectivity index (χ4v) is 2.27. The van der Waals surface area contributed by atoms with Gasteiger partial charge in [-0.05, 0) is 24.3 Å². The summed E-state index contributed by atoms with van der Waals surface area (Å²) in [6.45, 7) is 0. The Bertz CT molecular complexity index is 796. The quantitative estimate of drug-likeness (QED) is 0.683. The standard InChI is InChI=1S/C18H15NO2/c1-21-16-7-4-6-14(11-16)18(20)12-15-10-9-13-5-2-3-8-17(13)19-15/h2-11H,12H2,1H3. The molecule has 0 bridgehead atoms. The third-order valence-electron chi connectivity index (χ3n) is 3.39. The van der Waals surface area contributed by atoms with Gasteiger partial charge in [-0.3, -0.25) is 9.78 Å². The zero-order chi connectivity index (χ0) is 14.7. The minimum Gasteiger partial charge on any atom is -0.497 e. The summed E-state index contributed by atoms with van der Waals surface area (Å²) in [5, 5.41) is 1.08. The Kier molecular flexibility index (Phi) is 3.65. The number of carbonyl (C=O) groups is 1. The third kappa shape index (κ3) is 2.92.